The van der Waals surface area contributed by atoms with Crippen molar-refractivity contribution in [3.63, 3.8) is 0 Å². The number of nitrogens with zero attached hydrogens (tertiary/aromatic N) is 1. The number of hydrogen-bond acceptors (Lipinski definition) is 5. The lowest BCUT2D eigenvalue weighted by molar-refractivity contribution is -0.274. The third kappa shape index (κ3) is 4.18. The maximum absolute atomic E-state index is 13.7. The molecule has 29 heavy (non-hydrogen) atoms. The Labute approximate surface area is 164 Å². The highest BCUT2D eigenvalue weighted by Gasteiger charge is 2.36. The fraction of sp³-hybridized carbons (Fsp3) is 0.300. The Morgan fingerprint density at radius 3 is 2.72 bits per heavy atom. The van der Waals surface area contributed by atoms with Crippen molar-refractivity contribution in [2.24, 2.45) is 5.92 Å². The summed E-state index contributed by atoms with van der Waals surface area (Å²) in [6.45, 7) is 0. The normalized spacial score (nSPS) is 19.4. The Morgan fingerprint density at radius 1 is 1.17 bits per heavy atom. The van der Waals surface area contributed by atoms with Crippen LogP contribution in [0, 0.1) is 11.7 Å². The number of alkyl halides is 3. The summed E-state index contributed by atoms with van der Waals surface area (Å²) >= 11 is 0. The fourth-order valence-electron chi connectivity index (χ4n) is 3.61. The lowest BCUT2D eigenvalue weighted by atomic mass is 9.95. The van der Waals surface area contributed by atoms with Gasteiger partial charge in [-0.25, -0.2) is 4.39 Å². The largest absolute Gasteiger partial charge is 0.573 e. The van der Waals surface area contributed by atoms with Crippen LogP contribution in [-0.4, -0.2) is 23.2 Å². The van der Waals surface area contributed by atoms with Gasteiger partial charge < -0.3 is 14.5 Å². The molecule has 1 fully saturated rings. The van der Waals surface area contributed by atoms with Crippen molar-refractivity contribution < 1.29 is 32.9 Å². The summed E-state index contributed by atoms with van der Waals surface area (Å²) in [5, 5.41) is 3.04. The van der Waals surface area contributed by atoms with Gasteiger partial charge >= 0.3 is 6.36 Å². The smallest absolute Gasteiger partial charge is 0.420 e. The van der Waals surface area contributed by atoms with E-state index in [1.807, 2.05) is 0 Å². The number of carbonyl (C=O) groups is 1. The average molecular weight is 410 g/mol. The van der Waals surface area contributed by atoms with Crippen LogP contribution in [0.2, 0.25) is 0 Å². The van der Waals surface area contributed by atoms with Gasteiger partial charge in [-0.2, -0.15) is 4.98 Å². The van der Waals surface area contributed by atoms with E-state index in [-0.39, 0.29) is 24.6 Å². The molecular formula is C20H18F4N2O3. The maximum atomic E-state index is 13.7. The molecule has 1 saturated carbocycles. The monoisotopic (exact) mass is 410 g/mol. The molecule has 0 aliphatic heterocycles. The zero-order chi connectivity index (χ0) is 20.6. The number of ketones is 1. The van der Waals surface area contributed by atoms with Crippen LogP contribution in [-0.2, 0) is 0 Å². The number of halogens is 4. The molecule has 0 spiro atoms. The predicted molar refractivity (Wildman–Crippen MR) is 98.3 cm³/mol. The summed E-state index contributed by atoms with van der Waals surface area (Å²) in [6, 6.07) is 9.70. The van der Waals surface area contributed by atoms with Crippen molar-refractivity contribution in [3.8, 4) is 5.75 Å². The lowest BCUT2D eigenvalue weighted by Gasteiger charge is -2.15. The van der Waals surface area contributed by atoms with E-state index in [0.717, 1.165) is 6.07 Å². The molecule has 9 heteroatoms. The van der Waals surface area contributed by atoms with Crippen molar-refractivity contribution in [2.75, 3.05) is 5.32 Å². The second-order valence-electron chi connectivity index (χ2n) is 6.87. The summed E-state index contributed by atoms with van der Waals surface area (Å²) in [7, 11) is 0. The third-order valence-corrected chi connectivity index (χ3v) is 4.88. The molecule has 3 aromatic rings. The van der Waals surface area contributed by atoms with Gasteiger partial charge in [0, 0.05) is 13.4 Å². The number of oxazole rings is 1. The zero-order valence-corrected chi connectivity index (χ0v) is 15.0. The number of aromatic nitrogens is 1. The quantitative estimate of drug-likeness (QED) is 0.440. The predicted octanol–water partition coefficient (Wildman–Crippen LogP) is 5.58. The molecule has 0 radical (unpaired) electrons. The molecule has 1 aromatic heterocycles. The first-order chi connectivity index (χ1) is 13.8. The van der Waals surface area contributed by atoms with Gasteiger partial charge in [-0.3, -0.25) is 4.79 Å². The second kappa shape index (κ2) is 7.38. The molecular weight excluding hydrogens is 392 g/mol. The molecule has 1 aliphatic rings. The Hall–Kier alpha value is -3.10. The SMILES string of the molecule is O=C(c1ccccc1OC(F)(F)F)C1CC[C@@H](Nc2nc3cccc(F)c3o2)C1.[HH]. The minimum Gasteiger partial charge on any atom is -0.420 e. The van der Waals surface area contributed by atoms with Crippen LogP contribution < -0.4 is 10.1 Å². The van der Waals surface area contributed by atoms with Crippen LogP contribution in [0.1, 0.15) is 31.0 Å². The molecule has 1 aliphatic carbocycles. The summed E-state index contributed by atoms with van der Waals surface area (Å²) in [5.74, 6) is -1.90. The van der Waals surface area contributed by atoms with Crippen LogP contribution in [0.3, 0.4) is 0 Å². The van der Waals surface area contributed by atoms with E-state index in [1.165, 1.54) is 30.3 Å². The summed E-state index contributed by atoms with van der Waals surface area (Å²) in [5.41, 5.74) is 0.314. The molecule has 4 rings (SSSR count). The third-order valence-electron chi connectivity index (χ3n) is 4.88. The van der Waals surface area contributed by atoms with E-state index in [2.05, 4.69) is 15.0 Å². The fourth-order valence-corrected chi connectivity index (χ4v) is 3.61. The Kier molecular flexibility index (Phi) is 4.89. The molecule has 154 valence electrons. The van der Waals surface area contributed by atoms with Crippen molar-refractivity contribution in [2.45, 2.75) is 31.7 Å². The van der Waals surface area contributed by atoms with Crippen molar-refractivity contribution in [3.05, 3.63) is 53.8 Å². The highest BCUT2D eigenvalue weighted by molar-refractivity contribution is 6.00. The average Bonchev–Trinajstić information content (AvgIpc) is 3.28. The second-order valence-corrected chi connectivity index (χ2v) is 6.87. The van der Waals surface area contributed by atoms with E-state index < -0.39 is 29.6 Å². The van der Waals surface area contributed by atoms with E-state index in [4.69, 9.17) is 4.42 Å². The van der Waals surface area contributed by atoms with Crippen LogP contribution in [0.5, 0.6) is 5.75 Å². The van der Waals surface area contributed by atoms with E-state index >= 15 is 0 Å². The first kappa shape index (κ1) is 19.2. The first-order valence-corrected chi connectivity index (χ1v) is 9.01. The first-order valence-electron chi connectivity index (χ1n) is 9.01. The number of hydrogen-bond donors (Lipinski definition) is 1. The van der Waals surface area contributed by atoms with Gasteiger partial charge in [-0.1, -0.05) is 18.2 Å². The number of rotatable bonds is 5. The number of nitrogens with one attached hydrogen (secondary N) is 1. The molecule has 0 bridgehead atoms. The molecule has 2 atom stereocenters. The molecule has 1 unspecified atom stereocenters. The van der Waals surface area contributed by atoms with Gasteiger partial charge in [-0.15, -0.1) is 13.2 Å². The standard InChI is InChI=1S/C20H16F4N2O3.H2/c21-14-5-3-6-15-18(14)28-19(26-15)25-12-9-8-11(10-12)17(27)13-4-1-2-7-16(13)29-20(22,23)24;/h1-7,11-12H,8-10H2,(H,25,26);1H/t11?,12-;/m1./s1. The number of benzene rings is 2. The van der Waals surface area contributed by atoms with E-state index in [9.17, 15) is 22.4 Å². The van der Waals surface area contributed by atoms with E-state index in [0.29, 0.717) is 24.8 Å². The number of ether oxygens (including phenoxy) is 1. The molecule has 0 saturated heterocycles. The Bertz CT molecular complexity index is 1050. The minimum absolute atomic E-state index is 0. The maximum Gasteiger partial charge on any atom is 0.573 e. The Balaban J connectivity index is 0.00000256. The van der Waals surface area contributed by atoms with Gasteiger partial charge in [0.2, 0.25) is 0 Å². The van der Waals surface area contributed by atoms with Gasteiger partial charge in [0.25, 0.3) is 6.01 Å². The topological polar surface area (TPSA) is 64.4 Å². The van der Waals surface area contributed by atoms with Gasteiger partial charge in [0.15, 0.2) is 17.2 Å². The van der Waals surface area contributed by atoms with Crippen molar-refractivity contribution in [1.29, 1.82) is 0 Å². The molecule has 0 amide bonds. The minimum atomic E-state index is -4.88. The number of Topliss-reactive ketones (excluding diaryl/α,β-unsaturated/α-hetero) is 1. The van der Waals surface area contributed by atoms with Crippen LogP contribution in [0.4, 0.5) is 23.6 Å². The highest BCUT2D eigenvalue weighted by atomic mass is 19.4. The zero-order valence-electron chi connectivity index (χ0n) is 15.0. The molecule has 5 nitrogen and oxygen atoms in total. The van der Waals surface area contributed by atoms with Gasteiger partial charge in [0.05, 0.1) is 5.56 Å². The number of fused-ring (bicyclic) bond motifs is 1. The summed E-state index contributed by atoms with van der Waals surface area (Å²) in [6.07, 6.45) is -3.40. The lowest BCUT2D eigenvalue weighted by Crippen LogP contribution is -2.21. The van der Waals surface area contributed by atoms with E-state index in [1.54, 1.807) is 6.07 Å². The summed E-state index contributed by atoms with van der Waals surface area (Å²) in [4.78, 5) is 16.9. The number of para-hydroxylation sites is 2. The number of carbonyl (C=O) groups excluding carboxylic acids is 1. The van der Waals surface area contributed by atoms with Crippen LogP contribution >= 0.6 is 0 Å². The van der Waals surface area contributed by atoms with Gasteiger partial charge in [0.1, 0.15) is 11.3 Å². The number of anilines is 1. The molecule has 1 heterocycles. The molecule has 2 aromatic carbocycles. The van der Waals surface area contributed by atoms with Crippen LogP contribution in [0.25, 0.3) is 11.1 Å². The molecule has 1 N–H and O–H groups in total. The van der Waals surface area contributed by atoms with Crippen molar-refractivity contribution >= 4 is 22.9 Å². The highest BCUT2D eigenvalue weighted by Crippen LogP contribution is 2.35. The van der Waals surface area contributed by atoms with Crippen LogP contribution in [0.15, 0.2) is 46.9 Å². The van der Waals surface area contributed by atoms with Gasteiger partial charge in [-0.05, 0) is 43.5 Å². The van der Waals surface area contributed by atoms with Crippen molar-refractivity contribution in [1.82, 2.24) is 4.98 Å². The summed E-state index contributed by atoms with van der Waals surface area (Å²) < 4.78 is 60.9. The Morgan fingerprint density at radius 2 is 1.97 bits per heavy atom.